The average molecular weight is 536 g/mol. The standard InChI is InChI=1S/C5H5N5.C4H4INO2.HIO3/c6-4-3-1-9-10-5(3)8-2-7-4;5-6-3(7)1-2-4(6)8;2-1(3)4/h1-2H,(H3,6,7,8,9,10);1-2H2;2H. The predicted octanol–water partition coefficient (Wildman–Crippen LogP) is -5.51. The fraction of sp³-hybridized carbons (Fsp3) is 0.222. The van der Waals surface area contributed by atoms with Crippen LogP contribution in [0.1, 0.15) is 12.8 Å². The van der Waals surface area contributed by atoms with Crippen molar-refractivity contribution < 1.29 is 41.0 Å². The number of amides is 2. The Labute approximate surface area is 146 Å². The highest BCUT2D eigenvalue weighted by Crippen LogP contribution is 2.15. The quantitative estimate of drug-likeness (QED) is 0.168. The van der Waals surface area contributed by atoms with Crippen LogP contribution in [0.2, 0.25) is 0 Å². The molecule has 3 heterocycles. The number of carbonyl (C=O) groups is 2. The molecule has 1 fully saturated rings. The number of imide groups is 1. The third-order valence-corrected chi connectivity index (χ3v) is 3.35. The number of rotatable bonds is 0. The van der Waals surface area contributed by atoms with Gasteiger partial charge < -0.3 is 12.6 Å². The number of carbonyl (C=O) groups excluding carboxylic acids is 2. The minimum absolute atomic E-state index is 0.0735. The van der Waals surface area contributed by atoms with Crippen LogP contribution in [0, 0.1) is 0 Å². The summed E-state index contributed by atoms with van der Waals surface area (Å²) in [6, 6.07) is 0. The lowest BCUT2D eigenvalue weighted by Gasteiger charge is -1.97. The highest BCUT2D eigenvalue weighted by Gasteiger charge is 2.26. The molecule has 1 aliphatic rings. The van der Waals surface area contributed by atoms with E-state index in [9.17, 15) is 9.59 Å². The van der Waals surface area contributed by atoms with Crippen LogP contribution in [-0.2, 0) is 9.59 Å². The van der Waals surface area contributed by atoms with E-state index in [1.165, 1.54) is 6.33 Å². The first kappa shape index (κ1) is 18.9. The minimum Gasteiger partial charge on any atom is -0.396 e. The fourth-order valence-corrected chi connectivity index (χ4v) is 1.82. The van der Waals surface area contributed by atoms with E-state index in [0.29, 0.717) is 24.3 Å². The van der Waals surface area contributed by atoms with Crippen LogP contribution in [0.5, 0.6) is 0 Å². The zero-order chi connectivity index (χ0) is 16.7. The van der Waals surface area contributed by atoms with Crippen molar-refractivity contribution in [1.82, 2.24) is 23.3 Å². The summed E-state index contributed by atoms with van der Waals surface area (Å²) in [6.45, 7) is 0. The summed E-state index contributed by atoms with van der Waals surface area (Å²) in [5.74, 6) is 0.310. The molecule has 2 amide bonds. The summed E-state index contributed by atoms with van der Waals surface area (Å²) in [5, 5.41) is 7.20. The summed E-state index contributed by atoms with van der Waals surface area (Å²) < 4.78 is 25.6. The Morgan fingerprint density at radius 3 is 2.27 bits per heavy atom. The average Bonchev–Trinajstić information content (AvgIpc) is 3.03. The zero-order valence-electron chi connectivity index (χ0n) is 10.8. The van der Waals surface area contributed by atoms with Gasteiger partial charge in [0.15, 0.2) is 5.65 Å². The van der Waals surface area contributed by atoms with Crippen molar-refractivity contribution in [2.75, 3.05) is 5.73 Å². The molecule has 0 unspecified atom stereocenters. The van der Waals surface area contributed by atoms with Crippen LogP contribution in [0.4, 0.5) is 5.82 Å². The van der Waals surface area contributed by atoms with Gasteiger partial charge in [-0.2, -0.15) is 5.10 Å². The SMILES string of the molecule is Nc1ncnc2[nH]ncc12.O=C1CCC(=O)N1I.[O-][I+2]([O-])O. The number of hydrogen-bond donors (Lipinski definition) is 3. The second kappa shape index (κ2) is 9.08. The molecule has 0 aliphatic carbocycles. The van der Waals surface area contributed by atoms with Gasteiger partial charge >= 0.3 is 21.1 Å². The highest BCUT2D eigenvalue weighted by atomic mass is 127. The maximum absolute atomic E-state index is 10.5. The van der Waals surface area contributed by atoms with E-state index in [1.807, 2.05) is 0 Å². The molecular weight excluding hydrogens is 526 g/mol. The van der Waals surface area contributed by atoms with Gasteiger partial charge in [-0.05, 0) is 3.44 Å². The van der Waals surface area contributed by atoms with Gasteiger partial charge in [-0.25, -0.2) is 13.1 Å². The molecule has 120 valence electrons. The fourth-order valence-electron chi connectivity index (χ4n) is 1.33. The Kier molecular flexibility index (Phi) is 7.79. The van der Waals surface area contributed by atoms with Gasteiger partial charge in [-0.1, -0.05) is 0 Å². The summed E-state index contributed by atoms with van der Waals surface area (Å²) in [7, 11) is 0. The first-order valence-electron chi connectivity index (χ1n) is 5.48. The molecule has 1 saturated heterocycles. The summed E-state index contributed by atoms with van der Waals surface area (Å²) in [6.07, 6.45) is 3.78. The topological polar surface area (TPSA) is 184 Å². The van der Waals surface area contributed by atoms with Gasteiger partial charge in [0, 0.05) is 12.8 Å². The number of anilines is 1. The first-order valence-corrected chi connectivity index (χ1v) is 9.17. The lowest BCUT2D eigenvalue weighted by Crippen LogP contribution is -3.98. The first-order chi connectivity index (χ1) is 10.3. The summed E-state index contributed by atoms with van der Waals surface area (Å²) in [4.78, 5) is 28.6. The van der Waals surface area contributed by atoms with E-state index in [2.05, 4.69) is 20.2 Å². The molecule has 22 heavy (non-hydrogen) atoms. The van der Waals surface area contributed by atoms with Crippen molar-refractivity contribution >= 4 is 51.5 Å². The van der Waals surface area contributed by atoms with Gasteiger partial charge in [0.05, 0.1) is 34.4 Å². The van der Waals surface area contributed by atoms with Gasteiger partial charge in [0.25, 0.3) is 0 Å². The van der Waals surface area contributed by atoms with Gasteiger partial charge in [-0.3, -0.25) is 14.7 Å². The molecule has 0 atom stereocenters. The predicted molar refractivity (Wildman–Crippen MR) is 73.4 cm³/mol. The smallest absolute Gasteiger partial charge is 0.396 e. The molecule has 0 radical (unpaired) electrons. The molecule has 0 aromatic carbocycles. The number of nitrogens with zero attached hydrogens (tertiary/aromatic N) is 4. The molecule has 2 aromatic heterocycles. The number of aromatic amines is 1. The largest absolute Gasteiger partial charge is 0.503 e. The minimum atomic E-state index is -3.76. The maximum atomic E-state index is 10.5. The number of H-pyrrole nitrogens is 1. The number of aromatic nitrogens is 4. The van der Waals surface area contributed by atoms with Gasteiger partial charge in [0.2, 0.25) is 11.8 Å². The van der Waals surface area contributed by atoms with Crippen LogP contribution < -0.4 is 33.7 Å². The summed E-state index contributed by atoms with van der Waals surface area (Å²) >= 11 is -2.05. The van der Waals surface area contributed by atoms with E-state index in [0.717, 1.165) is 8.50 Å². The molecule has 1 aliphatic heterocycles. The third kappa shape index (κ3) is 5.91. The third-order valence-electron chi connectivity index (χ3n) is 2.27. The van der Waals surface area contributed by atoms with E-state index in [-0.39, 0.29) is 11.8 Å². The van der Waals surface area contributed by atoms with E-state index < -0.39 is 21.1 Å². The Hall–Kier alpha value is -1.17. The van der Waals surface area contributed by atoms with Crippen molar-refractivity contribution in [2.45, 2.75) is 12.8 Å². The number of halogens is 2. The van der Waals surface area contributed by atoms with Crippen molar-refractivity contribution in [1.29, 1.82) is 0 Å². The van der Waals surface area contributed by atoms with Gasteiger partial charge in [-0.15, -0.1) is 0 Å². The van der Waals surface area contributed by atoms with E-state index in [4.69, 9.17) is 16.0 Å². The molecular formula is C9H10I2N6O5. The van der Waals surface area contributed by atoms with Crippen LogP contribution >= 0.6 is 22.9 Å². The second-order valence-electron chi connectivity index (χ2n) is 3.66. The molecule has 0 spiro atoms. The zero-order valence-corrected chi connectivity index (χ0v) is 15.1. The van der Waals surface area contributed by atoms with E-state index >= 15 is 0 Å². The second-order valence-corrected chi connectivity index (χ2v) is 5.77. The van der Waals surface area contributed by atoms with Crippen molar-refractivity contribution in [3.8, 4) is 0 Å². The number of hydrogen-bond acceptors (Lipinski definition) is 9. The van der Waals surface area contributed by atoms with Crippen molar-refractivity contribution in [3.63, 3.8) is 0 Å². The molecule has 0 bridgehead atoms. The number of nitrogens with two attached hydrogens (primary N) is 1. The molecule has 11 nitrogen and oxygen atoms in total. The molecule has 4 N–H and O–H groups in total. The Morgan fingerprint density at radius 1 is 1.32 bits per heavy atom. The van der Waals surface area contributed by atoms with Crippen molar-refractivity contribution in [2.24, 2.45) is 0 Å². The number of fused-ring (bicyclic) bond motifs is 1. The number of nitrogens with one attached hydrogen (secondary N) is 1. The normalized spacial score (nSPS) is 13.8. The lowest BCUT2D eigenvalue weighted by atomic mass is 10.4. The van der Waals surface area contributed by atoms with Crippen LogP contribution in [-0.4, -0.2) is 38.5 Å². The maximum Gasteiger partial charge on any atom is 0.503 e. The Morgan fingerprint density at radius 2 is 1.86 bits per heavy atom. The van der Waals surface area contributed by atoms with Gasteiger partial charge in [0.1, 0.15) is 12.1 Å². The molecule has 2 aromatic rings. The van der Waals surface area contributed by atoms with E-state index in [1.54, 1.807) is 29.1 Å². The number of nitrogen functional groups attached to an aromatic ring is 1. The molecule has 3 rings (SSSR count). The lowest BCUT2D eigenvalue weighted by molar-refractivity contribution is -1.63. The van der Waals surface area contributed by atoms with Crippen LogP contribution in [0.3, 0.4) is 0 Å². The monoisotopic (exact) mass is 536 g/mol. The van der Waals surface area contributed by atoms with Crippen molar-refractivity contribution in [3.05, 3.63) is 12.5 Å². The molecule has 0 saturated carbocycles. The van der Waals surface area contributed by atoms with Crippen LogP contribution in [0.15, 0.2) is 12.5 Å². The molecule has 13 heteroatoms. The Balaban J connectivity index is 0.000000182. The van der Waals surface area contributed by atoms with Crippen LogP contribution in [0.25, 0.3) is 11.0 Å². The Bertz CT molecular complexity index is 631. The summed E-state index contributed by atoms with van der Waals surface area (Å²) in [5.41, 5.74) is 6.16. The highest BCUT2D eigenvalue weighted by molar-refractivity contribution is 14.1.